The lowest BCUT2D eigenvalue weighted by atomic mass is 10.0. The first-order valence-corrected chi connectivity index (χ1v) is 27.1. The highest BCUT2D eigenvalue weighted by molar-refractivity contribution is 6.31. The summed E-state index contributed by atoms with van der Waals surface area (Å²) in [5.41, 5.74) is 13.5. The normalized spacial score (nSPS) is 12.6. The van der Waals surface area contributed by atoms with Gasteiger partial charge in [0.2, 0.25) is 23.6 Å². The Morgan fingerprint density at radius 2 is 0.836 bits per heavy atom. The lowest BCUT2D eigenvalue weighted by molar-refractivity contribution is -0.132. The van der Waals surface area contributed by atoms with Crippen molar-refractivity contribution in [3.8, 4) is 0 Å². The Kier molecular flexibility index (Phi) is 32.4. The third kappa shape index (κ3) is 26.9. The van der Waals surface area contributed by atoms with Gasteiger partial charge in [0, 0.05) is 40.7 Å². The highest BCUT2D eigenvalue weighted by Crippen LogP contribution is 2.18. The van der Waals surface area contributed by atoms with E-state index in [-0.39, 0.29) is 44.9 Å². The zero-order chi connectivity index (χ0) is 52.9. The second-order valence-electron chi connectivity index (χ2n) is 18.4. The van der Waals surface area contributed by atoms with Crippen LogP contribution < -0.4 is 43.4 Å². The summed E-state index contributed by atoms with van der Waals surface area (Å²) in [6.45, 7) is 3.44. The Hall–Kier alpha value is -5.42. The Morgan fingerprint density at radius 3 is 1.32 bits per heavy atom. The van der Waals surface area contributed by atoms with E-state index in [2.05, 4.69) is 38.8 Å². The number of rotatable bonds is 38. The number of nitrogens with two attached hydrogens (primary N) is 2. The molecule has 3 aromatic carbocycles. The van der Waals surface area contributed by atoms with Crippen LogP contribution in [0.25, 0.3) is 0 Å². The van der Waals surface area contributed by atoms with Crippen molar-refractivity contribution in [2.45, 2.75) is 173 Å². The lowest BCUT2D eigenvalue weighted by Crippen LogP contribution is -2.57. The number of benzene rings is 3. The number of nitrogens with one attached hydrogen (secondary N) is 6. The molecule has 404 valence electrons. The number of hydrogen-bond donors (Lipinski definition) is 8. The monoisotopic (exact) mass is 1050 g/mol. The van der Waals surface area contributed by atoms with Gasteiger partial charge in [0.1, 0.15) is 37.4 Å². The summed E-state index contributed by atoms with van der Waals surface area (Å²) in [7, 11) is 0. The van der Waals surface area contributed by atoms with E-state index < -0.39 is 54.1 Å². The first kappa shape index (κ1) is 61.9. The van der Waals surface area contributed by atoms with Crippen LogP contribution in [0.15, 0.2) is 78.9 Å². The maximum atomic E-state index is 14.4. The van der Waals surface area contributed by atoms with Crippen LogP contribution in [0.4, 0.5) is 9.59 Å². The molecular weight excluding hydrogens is 972 g/mol. The molecule has 4 atom stereocenters. The molecule has 0 spiro atoms. The van der Waals surface area contributed by atoms with Crippen molar-refractivity contribution in [1.82, 2.24) is 31.9 Å². The van der Waals surface area contributed by atoms with Crippen LogP contribution in [0, 0.1) is 0 Å². The van der Waals surface area contributed by atoms with Gasteiger partial charge in [-0.2, -0.15) is 0 Å². The lowest BCUT2D eigenvalue weighted by Gasteiger charge is -2.26. The van der Waals surface area contributed by atoms with Gasteiger partial charge in [-0.3, -0.25) is 19.2 Å². The fraction of sp³-hybridized carbons (Fsp3) is 0.564. The van der Waals surface area contributed by atoms with Gasteiger partial charge in [0.05, 0.1) is 0 Å². The molecule has 18 heteroatoms. The van der Waals surface area contributed by atoms with Crippen LogP contribution in [-0.2, 0) is 48.3 Å². The van der Waals surface area contributed by atoms with E-state index in [1.54, 1.807) is 48.5 Å². The average Bonchev–Trinajstić information content (AvgIpc) is 3.38. The summed E-state index contributed by atoms with van der Waals surface area (Å²) in [6.07, 6.45) is 13.8. The standard InChI is InChI=1S/C55H82Cl2N8O8/c1-2-3-4-5-6-7-8-9-10-23-36-61-51(67)49(38-41-25-12-11-13-26-41)63-52(68)47(62-53(69)48(32-19-22-35-59)65-55(71)73-40-43-28-15-17-30-45(43)57)33-20-24-37-60-50(66)46(31-18-21-34-58)64-54(70)72-39-42-27-14-16-29-44(42)56/h11-17,25-30,46-49H,2-10,18-24,31-40,58-59H2,1H3,(H,60,66)(H,61,67)(H,62,69)(H,63,68)(H,64,70)(H,65,71)/t46-,47-,48-,49-/m0/s1. The number of amides is 6. The van der Waals surface area contributed by atoms with Crippen LogP contribution in [0.3, 0.4) is 0 Å². The predicted octanol–water partition coefficient (Wildman–Crippen LogP) is 8.68. The summed E-state index contributed by atoms with van der Waals surface area (Å²) >= 11 is 12.5. The Labute approximate surface area is 443 Å². The number of ether oxygens (including phenoxy) is 2. The van der Waals surface area contributed by atoms with Crippen LogP contribution in [0.2, 0.25) is 10.0 Å². The second-order valence-corrected chi connectivity index (χ2v) is 19.2. The number of halogens is 2. The van der Waals surface area contributed by atoms with Crippen LogP contribution in [-0.4, -0.2) is 86.2 Å². The van der Waals surface area contributed by atoms with E-state index in [9.17, 15) is 28.8 Å². The summed E-state index contributed by atoms with van der Waals surface area (Å²) in [6, 6.07) is 19.1. The SMILES string of the molecule is CCCCCCCCCCCCNC(=O)[C@H](Cc1ccccc1)NC(=O)[C@H](CCCCNC(=O)[C@H](CCCCN)NC(=O)OCc1ccccc1Cl)NC(=O)[C@H](CCCCN)NC(=O)OCc1ccccc1Cl. The zero-order valence-corrected chi connectivity index (χ0v) is 44.4. The quantitative estimate of drug-likeness (QED) is 0.0254. The molecule has 6 amide bonds. The van der Waals surface area contributed by atoms with E-state index in [0.29, 0.717) is 85.8 Å². The first-order valence-electron chi connectivity index (χ1n) is 26.4. The molecule has 0 unspecified atom stereocenters. The number of unbranched alkanes of at least 4 members (excludes halogenated alkanes) is 12. The smallest absolute Gasteiger partial charge is 0.408 e. The highest BCUT2D eigenvalue weighted by Gasteiger charge is 2.30. The summed E-state index contributed by atoms with van der Waals surface area (Å²) in [5, 5.41) is 17.9. The minimum atomic E-state index is -1.15. The molecule has 0 aromatic heterocycles. The molecule has 0 heterocycles. The minimum absolute atomic E-state index is 0.0802. The Balaban J connectivity index is 1.73. The number of alkyl carbamates (subject to hydrolysis) is 2. The first-order chi connectivity index (χ1) is 35.4. The minimum Gasteiger partial charge on any atom is -0.445 e. The molecule has 16 nitrogen and oxygen atoms in total. The number of hydrogen-bond acceptors (Lipinski definition) is 10. The van der Waals surface area contributed by atoms with Crippen molar-refractivity contribution in [2.24, 2.45) is 11.5 Å². The van der Waals surface area contributed by atoms with Gasteiger partial charge >= 0.3 is 12.2 Å². The highest BCUT2D eigenvalue weighted by atomic mass is 35.5. The molecule has 0 radical (unpaired) electrons. The van der Waals surface area contributed by atoms with Crippen molar-refractivity contribution >= 4 is 59.0 Å². The largest absolute Gasteiger partial charge is 0.445 e. The number of carbonyl (C=O) groups is 6. The van der Waals surface area contributed by atoms with E-state index >= 15 is 0 Å². The Morgan fingerprint density at radius 1 is 0.452 bits per heavy atom. The summed E-state index contributed by atoms with van der Waals surface area (Å²) < 4.78 is 10.8. The number of carbonyl (C=O) groups excluding carboxylic acids is 6. The predicted molar refractivity (Wildman–Crippen MR) is 289 cm³/mol. The maximum Gasteiger partial charge on any atom is 0.408 e. The van der Waals surface area contributed by atoms with Crippen molar-refractivity contribution in [3.05, 3.63) is 106 Å². The Bertz CT molecular complexity index is 2070. The second kappa shape index (κ2) is 38.2. The van der Waals surface area contributed by atoms with Gasteiger partial charge in [-0.25, -0.2) is 9.59 Å². The third-order valence-electron chi connectivity index (χ3n) is 12.3. The third-order valence-corrected chi connectivity index (χ3v) is 13.1. The van der Waals surface area contributed by atoms with Gasteiger partial charge < -0.3 is 52.8 Å². The van der Waals surface area contributed by atoms with Crippen LogP contribution in [0.1, 0.15) is 146 Å². The molecule has 0 aliphatic heterocycles. The van der Waals surface area contributed by atoms with Gasteiger partial charge in [0.15, 0.2) is 0 Å². The van der Waals surface area contributed by atoms with Crippen molar-refractivity contribution in [3.63, 3.8) is 0 Å². The van der Waals surface area contributed by atoms with Crippen LogP contribution in [0.5, 0.6) is 0 Å². The molecule has 73 heavy (non-hydrogen) atoms. The molecule has 0 saturated heterocycles. The zero-order valence-electron chi connectivity index (χ0n) is 42.9. The fourth-order valence-electron chi connectivity index (χ4n) is 8.04. The van der Waals surface area contributed by atoms with E-state index in [1.165, 1.54) is 38.5 Å². The molecule has 0 bridgehead atoms. The van der Waals surface area contributed by atoms with Crippen molar-refractivity contribution in [1.29, 1.82) is 0 Å². The van der Waals surface area contributed by atoms with Gasteiger partial charge in [-0.1, -0.05) is 155 Å². The fourth-order valence-corrected chi connectivity index (χ4v) is 8.42. The summed E-state index contributed by atoms with van der Waals surface area (Å²) in [4.78, 5) is 81.8. The molecule has 0 saturated carbocycles. The summed E-state index contributed by atoms with van der Waals surface area (Å²) in [5.74, 6) is -1.98. The van der Waals surface area contributed by atoms with E-state index in [4.69, 9.17) is 44.1 Å². The van der Waals surface area contributed by atoms with Gasteiger partial charge in [-0.05, 0) is 95.0 Å². The topological polar surface area (TPSA) is 245 Å². The van der Waals surface area contributed by atoms with Gasteiger partial charge in [-0.15, -0.1) is 0 Å². The van der Waals surface area contributed by atoms with E-state index in [0.717, 1.165) is 31.2 Å². The van der Waals surface area contributed by atoms with Crippen LogP contribution >= 0.6 is 23.2 Å². The average molecular weight is 1050 g/mol. The molecular formula is C55H82Cl2N8O8. The molecule has 0 aliphatic rings. The van der Waals surface area contributed by atoms with Gasteiger partial charge in [0.25, 0.3) is 0 Å². The maximum absolute atomic E-state index is 14.4. The molecule has 0 aliphatic carbocycles. The van der Waals surface area contributed by atoms with E-state index in [1.807, 2.05) is 30.3 Å². The van der Waals surface area contributed by atoms with Crippen molar-refractivity contribution in [2.75, 3.05) is 26.2 Å². The van der Waals surface area contributed by atoms with Crippen molar-refractivity contribution < 1.29 is 38.2 Å². The molecule has 0 fully saturated rings. The molecule has 3 rings (SSSR count). The molecule has 10 N–H and O–H groups in total. The molecule has 3 aromatic rings.